The standard InChI is InChI=1S/C27H32N4O4/c1-34-21-7-3-5-18(11-21)25(32)22-12-27(8-9-28,26(33)19-6-4-10-29-14-19)13-23(35-2)24(22)20-15-30-17-31-16-20/h3,5,7,11,13,15-17,19,29H,4,6,8-10,12,14,28H2,1-2H3. The number of carbonyl (C=O) groups is 2. The van der Waals surface area contributed by atoms with E-state index in [1.165, 1.54) is 6.33 Å². The molecule has 1 aliphatic heterocycles. The minimum absolute atomic E-state index is 0.101. The number of rotatable bonds is 9. The molecule has 2 aliphatic rings. The van der Waals surface area contributed by atoms with Gasteiger partial charge < -0.3 is 20.5 Å². The zero-order valence-corrected chi connectivity index (χ0v) is 20.3. The molecule has 8 heteroatoms. The Balaban J connectivity index is 1.87. The van der Waals surface area contributed by atoms with Crippen molar-refractivity contribution in [1.82, 2.24) is 15.3 Å². The number of nitrogens with two attached hydrogens (primary N) is 1. The summed E-state index contributed by atoms with van der Waals surface area (Å²) in [5, 5.41) is 3.33. The Labute approximate surface area is 205 Å². The summed E-state index contributed by atoms with van der Waals surface area (Å²) in [6.45, 7) is 1.85. The van der Waals surface area contributed by atoms with E-state index in [-0.39, 0.29) is 23.9 Å². The molecule has 1 aliphatic carbocycles. The average Bonchev–Trinajstić information content (AvgIpc) is 2.92. The second-order valence-electron chi connectivity index (χ2n) is 9.03. The summed E-state index contributed by atoms with van der Waals surface area (Å²) in [5.74, 6) is 0.810. The van der Waals surface area contributed by atoms with E-state index in [0.29, 0.717) is 53.3 Å². The van der Waals surface area contributed by atoms with E-state index >= 15 is 0 Å². The number of hydrogen-bond acceptors (Lipinski definition) is 8. The van der Waals surface area contributed by atoms with Crippen molar-refractivity contribution >= 4 is 17.1 Å². The fraction of sp³-hybridized carbons (Fsp3) is 0.407. The molecule has 0 saturated carbocycles. The van der Waals surface area contributed by atoms with Gasteiger partial charge in [0.15, 0.2) is 5.78 Å². The highest BCUT2D eigenvalue weighted by atomic mass is 16.5. The molecule has 0 bridgehead atoms. The van der Waals surface area contributed by atoms with Gasteiger partial charge in [0, 0.05) is 47.1 Å². The number of nitrogens with zero attached hydrogens (tertiary/aromatic N) is 2. The van der Waals surface area contributed by atoms with Gasteiger partial charge in [0.25, 0.3) is 0 Å². The van der Waals surface area contributed by atoms with Crippen LogP contribution in [0.1, 0.15) is 41.6 Å². The van der Waals surface area contributed by atoms with E-state index in [0.717, 1.165) is 19.4 Å². The Hall–Kier alpha value is -3.36. The van der Waals surface area contributed by atoms with Crippen LogP contribution in [0, 0.1) is 11.3 Å². The van der Waals surface area contributed by atoms with Crippen molar-refractivity contribution in [2.75, 3.05) is 33.9 Å². The molecule has 2 heterocycles. The minimum atomic E-state index is -0.938. The first-order valence-electron chi connectivity index (χ1n) is 11.9. The normalized spacial score (nSPS) is 22.4. The second kappa shape index (κ2) is 10.9. The lowest BCUT2D eigenvalue weighted by Crippen LogP contribution is -2.44. The molecule has 1 saturated heterocycles. The largest absolute Gasteiger partial charge is 0.497 e. The van der Waals surface area contributed by atoms with Crippen molar-refractivity contribution in [2.24, 2.45) is 17.1 Å². The van der Waals surface area contributed by atoms with Crippen molar-refractivity contribution in [3.05, 3.63) is 71.5 Å². The van der Waals surface area contributed by atoms with Crippen molar-refractivity contribution in [2.45, 2.75) is 25.7 Å². The van der Waals surface area contributed by atoms with E-state index < -0.39 is 5.41 Å². The molecule has 1 fully saturated rings. The lowest BCUT2D eigenvalue weighted by molar-refractivity contribution is -0.131. The summed E-state index contributed by atoms with van der Waals surface area (Å²) >= 11 is 0. The number of aromatic nitrogens is 2. The predicted molar refractivity (Wildman–Crippen MR) is 133 cm³/mol. The molecule has 4 rings (SSSR count). The van der Waals surface area contributed by atoms with E-state index in [1.54, 1.807) is 50.9 Å². The SMILES string of the molecule is COC1=CC(CCN)(C(=O)C2CCCNC2)CC(C(=O)c2cccc(OC)c2)=C1c1cncnc1. The second-order valence-corrected chi connectivity index (χ2v) is 9.03. The summed E-state index contributed by atoms with van der Waals surface area (Å²) < 4.78 is 11.2. The first kappa shape index (κ1) is 24.8. The first-order valence-corrected chi connectivity index (χ1v) is 11.9. The number of Topliss-reactive ketones (excluding diaryl/α,β-unsaturated/α-hetero) is 2. The molecule has 2 atom stereocenters. The van der Waals surface area contributed by atoms with Gasteiger partial charge in [-0.25, -0.2) is 9.97 Å². The number of nitrogens with one attached hydrogen (secondary N) is 1. The number of carbonyl (C=O) groups excluding carboxylic acids is 2. The molecule has 0 spiro atoms. The number of methoxy groups -OCH3 is 2. The van der Waals surface area contributed by atoms with Crippen LogP contribution in [0.25, 0.3) is 5.57 Å². The molecule has 8 nitrogen and oxygen atoms in total. The van der Waals surface area contributed by atoms with Crippen LogP contribution < -0.4 is 15.8 Å². The van der Waals surface area contributed by atoms with Crippen LogP contribution in [-0.2, 0) is 9.53 Å². The van der Waals surface area contributed by atoms with Crippen LogP contribution in [0.4, 0.5) is 0 Å². The van der Waals surface area contributed by atoms with Crippen LogP contribution in [0.3, 0.4) is 0 Å². The van der Waals surface area contributed by atoms with E-state index in [9.17, 15) is 9.59 Å². The van der Waals surface area contributed by atoms with Crippen LogP contribution in [0.15, 0.2) is 60.4 Å². The maximum atomic E-state index is 14.0. The van der Waals surface area contributed by atoms with E-state index in [4.69, 9.17) is 15.2 Å². The Morgan fingerprint density at radius 3 is 2.66 bits per heavy atom. The predicted octanol–water partition coefficient (Wildman–Crippen LogP) is 2.96. The average molecular weight is 477 g/mol. The number of ketones is 2. The van der Waals surface area contributed by atoms with Crippen LogP contribution >= 0.6 is 0 Å². The molecule has 1 aromatic heterocycles. The van der Waals surface area contributed by atoms with Crippen molar-refractivity contribution < 1.29 is 19.1 Å². The maximum absolute atomic E-state index is 14.0. The Bertz CT molecular complexity index is 1140. The Morgan fingerprint density at radius 2 is 2.00 bits per heavy atom. The van der Waals surface area contributed by atoms with Gasteiger partial charge in [0.05, 0.1) is 19.6 Å². The fourth-order valence-corrected chi connectivity index (χ4v) is 5.15. The number of allylic oxidation sites excluding steroid dienone is 3. The lowest BCUT2D eigenvalue weighted by Gasteiger charge is -2.38. The highest BCUT2D eigenvalue weighted by molar-refractivity contribution is 6.16. The van der Waals surface area contributed by atoms with Crippen LogP contribution in [-0.4, -0.2) is 55.4 Å². The quantitative estimate of drug-likeness (QED) is 0.531. The number of piperidine rings is 1. The van der Waals surface area contributed by atoms with Gasteiger partial charge in [-0.15, -0.1) is 0 Å². The van der Waals surface area contributed by atoms with Crippen LogP contribution in [0.2, 0.25) is 0 Å². The van der Waals surface area contributed by atoms with Gasteiger partial charge in [-0.1, -0.05) is 12.1 Å². The number of benzene rings is 1. The third-order valence-electron chi connectivity index (χ3n) is 6.87. The third kappa shape index (κ3) is 5.04. The molecular formula is C27H32N4O4. The molecule has 0 radical (unpaired) electrons. The van der Waals surface area contributed by atoms with E-state index in [1.807, 2.05) is 6.08 Å². The van der Waals surface area contributed by atoms with Gasteiger partial charge in [-0.3, -0.25) is 9.59 Å². The molecule has 2 aromatic rings. The van der Waals surface area contributed by atoms with Gasteiger partial charge in [0.1, 0.15) is 23.6 Å². The minimum Gasteiger partial charge on any atom is -0.497 e. The zero-order valence-electron chi connectivity index (χ0n) is 20.3. The smallest absolute Gasteiger partial charge is 0.189 e. The van der Waals surface area contributed by atoms with Crippen LogP contribution in [0.5, 0.6) is 5.75 Å². The monoisotopic (exact) mass is 476 g/mol. The number of ether oxygens (including phenoxy) is 2. The van der Waals surface area contributed by atoms with Gasteiger partial charge >= 0.3 is 0 Å². The molecule has 184 valence electrons. The third-order valence-corrected chi connectivity index (χ3v) is 6.87. The molecule has 3 N–H and O–H groups in total. The molecule has 35 heavy (non-hydrogen) atoms. The van der Waals surface area contributed by atoms with E-state index in [2.05, 4.69) is 15.3 Å². The molecule has 2 unspecified atom stereocenters. The topological polar surface area (TPSA) is 116 Å². The van der Waals surface area contributed by atoms with Gasteiger partial charge in [-0.2, -0.15) is 0 Å². The molecule has 1 aromatic carbocycles. The van der Waals surface area contributed by atoms with Crippen molar-refractivity contribution in [3.8, 4) is 5.75 Å². The molecule has 0 amide bonds. The first-order chi connectivity index (χ1) is 17.0. The summed E-state index contributed by atoms with van der Waals surface area (Å²) in [6, 6.07) is 7.02. The maximum Gasteiger partial charge on any atom is 0.189 e. The molecular weight excluding hydrogens is 444 g/mol. The van der Waals surface area contributed by atoms with Crippen molar-refractivity contribution in [1.29, 1.82) is 0 Å². The summed E-state index contributed by atoms with van der Waals surface area (Å²) in [5.41, 5.74) is 7.31. The summed E-state index contributed by atoms with van der Waals surface area (Å²) in [6.07, 6.45) is 9.01. The highest BCUT2D eigenvalue weighted by Crippen LogP contribution is 2.47. The Morgan fingerprint density at radius 1 is 1.20 bits per heavy atom. The van der Waals surface area contributed by atoms with Gasteiger partial charge in [0.2, 0.25) is 0 Å². The fourth-order valence-electron chi connectivity index (χ4n) is 5.15. The van der Waals surface area contributed by atoms with Crippen molar-refractivity contribution in [3.63, 3.8) is 0 Å². The zero-order chi connectivity index (χ0) is 24.8. The lowest BCUT2D eigenvalue weighted by atomic mass is 9.65. The number of hydrogen-bond donors (Lipinski definition) is 2. The summed E-state index contributed by atoms with van der Waals surface area (Å²) in [4.78, 5) is 36.3. The van der Waals surface area contributed by atoms with Gasteiger partial charge in [-0.05, 0) is 57.0 Å². The summed E-state index contributed by atoms with van der Waals surface area (Å²) in [7, 11) is 3.11. The Kier molecular flexibility index (Phi) is 7.73. The highest BCUT2D eigenvalue weighted by Gasteiger charge is 2.45.